The number of carbonyl (C=O) groups excluding carboxylic acids is 1. The molecule has 0 fully saturated rings. The monoisotopic (exact) mass is 365 g/mol. The summed E-state index contributed by atoms with van der Waals surface area (Å²) in [4.78, 5) is 16.5. The number of Topliss-reactive ketones (excluding diaryl/α,β-unsaturated/α-hetero) is 1. The fourth-order valence-corrected chi connectivity index (χ4v) is 3.11. The van der Waals surface area contributed by atoms with E-state index in [0.717, 1.165) is 11.1 Å². The van der Waals surface area contributed by atoms with Gasteiger partial charge < -0.3 is 20.5 Å². The third-order valence-electron chi connectivity index (χ3n) is 4.38. The van der Waals surface area contributed by atoms with Gasteiger partial charge in [-0.2, -0.15) is 0 Å². The molecule has 1 aliphatic heterocycles. The molecule has 1 atom stereocenters. The third-order valence-corrected chi connectivity index (χ3v) is 4.38. The van der Waals surface area contributed by atoms with Gasteiger partial charge in [0.05, 0.1) is 7.11 Å². The molecule has 140 valence electrons. The molecule has 6 heteroatoms. The maximum Gasteiger partial charge on any atom is 0.193 e. The second-order valence-electron chi connectivity index (χ2n) is 6.32. The number of guanidine groups is 1. The molecule has 2 aromatic carbocycles. The van der Waals surface area contributed by atoms with Gasteiger partial charge in [0.25, 0.3) is 0 Å². The first kappa shape index (κ1) is 18.5. The normalized spacial score (nSPS) is 16.4. The van der Waals surface area contributed by atoms with Crippen LogP contribution in [0.5, 0.6) is 11.5 Å². The van der Waals surface area contributed by atoms with Gasteiger partial charge in [-0.15, -0.1) is 0 Å². The molecule has 1 aliphatic rings. The number of rotatable bonds is 6. The average molecular weight is 365 g/mol. The molecular weight excluding hydrogens is 342 g/mol. The summed E-state index contributed by atoms with van der Waals surface area (Å²) in [5.41, 5.74) is 9.04. The van der Waals surface area contributed by atoms with Crippen molar-refractivity contribution in [1.29, 1.82) is 0 Å². The highest BCUT2D eigenvalue weighted by Gasteiger charge is 2.27. The molecule has 0 saturated heterocycles. The van der Waals surface area contributed by atoms with Crippen molar-refractivity contribution in [3.05, 3.63) is 70.9 Å². The van der Waals surface area contributed by atoms with E-state index < -0.39 is 6.04 Å². The van der Waals surface area contributed by atoms with Crippen LogP contribution in [0.1, 0.15) is 31.0 Å². The molecule has 0 spiro atoms. The van der Waals surface area contributed by atoms with Crippen LogP contribution in [0.3, 0.4) is 0 Å². The standard InChI is InChI=1S/C21H23N3O3/c1-13-19(14(2)25)20(24-21(22)23-13)16-9-10-17(18(11-16)26-3)27-12-15-7-5-4-6-8-15/h4-11,20H,12H2,1-3H3,(H3,22,23,24)/t20-/m1/s1. The van der Waals surface area contributed by atoms with Crippen molar-refractivity contribution in [2.24, 2.45) is 10.7 Å². The summed E-state index contributed by atoms with van der Waals surface area (Å²) in [6.07, 6.45) is 0. The first-order valence-electron chi connectivity index (χ1n) is 8.66. The number of hydrogen-bond donors (Lipinski definition) is 2. The molecule has 27 heavy (non-hydrogen) atoms. The molecule has 3 rings (SSSR count). The Morgan fingerprint density at radius 3 is 2.59 bits per heavy atom. The van der Waals surface area contributed by atoms with Crippen LogP contribution in [0.4, 0.5) is 0 Å². The van der Waals surface area contributed by atoms with Crippen molar-refractivity contribution >= 4 is 11.7 Å². The molecule has 0 saturated carbocycles. The Morgan fingerprint density at radius 1 is 1.19 bits per heavy atom. The third kappa shape index (κ3) is 4.11. The SMILES string of the molecule is COc1cc([C@H]2N=C(N)NC(C)=C2C(C)=O)ccc1OCc1ccccc1. The molecule has 0 aliphatic carbocycles. The van der Waals surface area contributed by atoms with E-state index in [-0.39, 0.29) is 11.7 Å². The highest BCUT2D eigenvalue weighted by atomic mass is 16.5. The maximum atomic E-state index is 12.1. The maximum absolute atomic E-state index is 12.1. The molecular formula is C21H23N3O3. The Bertz CT molecular complexity index is 904. The number of nitrogens with zero attached hydrogens (tertiary/aromatic N) is 1. The van der Waals surface area contributed by atoms with Gasteiger partial charge in [0.15, 0.2) is 23.2 Å². The lowest BCUT2D eigenvalue weighted by molar-refractivity contribution is -0.114. The number of nitrogens with two attached hydrogens (primary N) is 1. The number of ether oxygens (including phenoxy) is 2. The van der Waals surface area contributed by atoms with E-state index >= 15 is 0 Å². The van der Waals surface area contributed by atoms with Crippen molar-refractivity contribution in [3.8, 4) is 11.5 Å². The van der Waals surface area contributed by atoms with E-state index in [2.05, 4.69) is 10.3 Å². The summed E-state index contributed by atoms with van der Waals surface area (Å²) in [7, 11) is 1.58. The van der Waals surface area contributed by atoms with Crippen LogP contribution in [-0.2, 0) is 11.4 Å². The summed E-state index contributed by atoms with van der Waals surface area (Å²) in [6.45, 7) is 3.78. The smallest absolute Gasteiger partial charge is 0.193 e. The van der Waals surface area contributed by atoms with E-state index in [1.165, 1.54) is 6.92 Å². The number of ketones is 1. The van der Waals surface area contributed by atoms with Gasteiger partial charge in [0.2, 0.25) is 0 Å². The van der Waals surface area contributed by atoms with E-state index in [1.807, 2.05) is 55.5 Å². The highest BCUT2D eigenvalue weighted by Crippen LogP contribution is 2.36. The van der Waals surface area contributed by atoms with Gasteiger partial charge in [0, 0.05) is 11.3 Å². The minimum atomic E-state index is -0.471. The van der Waals surface area contributed by atoms with Gasteiger partial charge in [0.1, 0.15) is 12.6 Å². The molecule has 0 amide bonds. The summed E-state index contributed by atoms with van der Waals surface area (Å²) in [5.74, 6) is 1.44. The van der Waals surface area contributed by atoms with Gasteiger partial charge in [-0.25, -0.2) is 4.99 Å². The van der Waals surface area contributed by atoms with Crippen LogP contribution in [0.25, 0.3) is 0 Å². The minimum Gasteiger partial charge on any atom is -0.493 e. The van der Waals surface area contributed by atoms with Gasteiger partial charge in [-0.1, -0.05) is 36.4 Å². The zero-order valence-corrected chi connectivity index (χ0v) is 15.7. The quantitative estimate of drug-likeness (QED) is 0.821. The Balaban J connectivity index is 1.89. The number of methoxy groups -OCH3 is 1. The van der Waals surface area contributed by atoms with Crippen LogP contribution in [0.2, 0.25) is 0 Å². The zero-order valence-electron chi connectivity index (χ0n) is 15.7. The summed E-state index contributed by atoms with van der Waals surface area (Å²) in [6, 6.07) is 15.0. The first-order chi connectivity index (χ1) is 13.0. The van der Waals surface area contributed by atoms with Crippen molar-refractivity contribution in [1.82, 2.24) is 5.32 Å². The number of aliphatic imine (C=N–C) groups is 1. The fraction of sp³-hybridized carbons (Fsp3) is 0.238. The van der Waals surface area contributed by atoms with Crippen molar-refractivity contribution < 1.29 is 14.3 Å². The van der Waals surface area contributed by atoms with Crippen LogP contribution < -0.4 is 20.5 Å². The lowest BCUT2D eigenvalue weighted by atomic mass is 9.93. The minimum absolute atomic E-state index is 0.0513. The molecule has 0 unspecified atom stereocenters. The van der Waals surface area contributed by atoms with Gasteiger partial charge >= 0.3 is 0 Å². The Hall–Kier alpha value is -3.28. The molecule has 0 aromatic heterocycles. The molecule has 0 radical (unpaired) electrons. The van der Waals surface area contributed by atoms with Gasteiger partial charge in [-0.05, 0) is 37.1 Å². The first-order valence-corrected chi connectivity index (χ1v) is 8.66. The lowest BCUT2D eigenvalue weighted by Gasteiger charge is -2.24. The predicted octanol–water partition coefficient (Wildman–Crippen LogP) is 3.10. The van der Waals surface area contributed by atoms with E-state index in [0.29, 0.717) is 29.4 Å². The van der Waals surface area contributed by atoms with E-state index in [4.69, 9.17) is 15.2 Å². The Kier molecular flexibility index (Phi) is 5.45. The molecule has 3 N–H and O–H groups in total. The number of benzene rings is 2. The van der Waals surface area contributed by atoms with Crippen LogP contribution in [-0.4, -0.2) is 18.9 Å². The van der Waals surface area contributed by atoms with Crippen LogP contribution in [0, 0.1) is 0 Å². The number of nitrogens with one attached hydrogen (secondary N) is 1. The lowest BCUT2D eigenvalue weighted by Crippen LogP contribution is -2.36. The van der Waals surface area contributed by atoms with Crippen molar-refractivity contribution in [2.45, 2.75) is 26.5 Å². The van der Waals surface area contributed by atoms with Crippen molar-refractivity contribution in [3.63, 3.8) is 0 Å². The summed E-state index contributed by atoms with van der Waals surface area (Å²) < 4.78 is 11.4. The number of carbonyl (C=O) groups is 1. The Morgan fingerprint density at radius 2 is 1.93 bits per heavy atom. The second-order valence-corrected chi connectivity index (χ2v) is 6.32. The number of allylic oxidation sites excluding steroid dienone is 1. The van der Waals surface area contributed by atoms with Crippen molar-refractivity contribution in [2.75, 3.05) is 7.11 Å². The molecule has 2 aromatic rings. The topological polar surface area (TPSA) is 85.9 Å². The molecule has 1 heterocycles. The van der Waals surface area contributed by atoms with Crippen LogP contribution >= 0.6 is 0 Å². The van der Waals surface area contributed by atoms with E-state index in [9.17, 15) is 4.79 Å². The Labute approximate surface area is 158 Å². The zero-order chi connectivity index (χ0) is 19.4. The average Bonchev–Trinajstić information content (AvgIpc) is 2.66. The van der Waals surface area contributed by atoms with E-state index in [1.54, 1.807) is 7.11 Å². The summed E-state index contributed by atoms with van der Waals surface area (Å²) in [5, 5.41) is 2.92. The predicted molar refractivity (Wildman–Crippen MR) is 105 cm³/mol. The summed E-state index contributed by atoms with van der Waals surface area (Å²) >= 11 is 0. The largest absolute Gasteiger partial charge is 0.493 e. The second kappa shape index (κ2) is 7.95. The molecule has 0 bridgehead atoms. The molecule has 6 nitrogen and oxygen atoms in total. The van der Waals surface area contributed by atoms with Crippen LogP contribution in [0.15, 0.2) is 64.8 Å². The van der Waals surface area contributed by atoms with Gasteiger partial charge in [-0.3, -0.25) is 4.79 Å². The fourth-order valence-electron chi connectivity index (χ4n) is 3.11. The number of hydrogen-bond acceptors (Lipinski definition) is 6. The highest BCUT2D eigenvalue weighted by molar-refractivity contribution is 5.98.